The Kier molecular flexibility index (Phi) is 4.45. The minimum Gasteiger partial charge on any atom is -0.481 e. The largest absolute Gasteiger partial charge is 0.481 e. The van der Waals surface area contributed by atoms with E-state index in [-0.39, 0.29) is 5.91 Å². The molecule has 0 radical (unpaired) electrons. The van der Waals surface area contributed by atoms with Crippen LogP contribution in [0.2, 0.25) is 0 Å². The molecule has 2 heterocycles. The highest BCUT2D eigenvalue weighted by Gasteiger charge is 2.39. The second-order valence-corrected chi connectivity index (χ2v) is 7.07. The zero-order valence-corrected chi connectivity index (χ0v) is 14.5. The van der Waals surface area contributed by atoms with Gasteiger partial charge in [0.15, 0.2) is 6.10 Å². The van der Waals surface area contributed by atoms with E-state index in [4.69, 9.17) is 4.74 Å². The first-order chi connectivity index (χ1) is 12.2. The van der Waals surface area contributed by atoms with Crippen molar-refractivity contribution in [3.05, 3.63) is 54.6 Å². The molecule has 1 amide bonds. The van der Waals surface area contributed by atoms with Crippen LogP contribution in [0.3, 0.4) is 0 Å². The monoisotopic (exact) mass is 336 g/mol. The topological polar surface area (TPSA) is 41.6 Å². The Labute approximate surface area is 148 Å². The van der Waals surface area contributed by atoms with Crippen molar-refractivity contribution in [3.8, 4) is 16.9 Å². The van der Waals surface area contributed by atoms with Gasteiger partial charge in [-0.25, -0.2) is 0 Å². The highest BCUT2D eigenvalue weighted by Crippen LogP contribution is 2.27. The first kappa shape index (κ1) is 16.2. The highest BCUT2D eigenvalue weighted by atomic mass is 16.5. The summed E-state index contributed by atoms with van der Waals surface area (Å²) < 4.78 is 5.89. The standard InChI is InChI=1S/C21H24N2O2/c1-15(21(24)23-13-18-11-22-12-19(18)14-23)25-20-9-7-17(8-10-20)16-5-3-2-4-6-16/h2-10,15,18-19,22H,11-14H2,1H3/t15?,18-,19+. The molecule has 25 heavy (non-hydrogen) atoms. The van der Waals surface area contributed by atoms with Gasteiger partial charge in [-0.2, -0.15) is 0 Å². The summed E-state index contributed by atoms with van der Waals surface area (Å²) in [7, 11) is 0. The molecule has 0 bridgehead atoms. The number of nitrogens with one attached hydrogen (secondary N) is 1. The molecule has 2 aromatic carbocycles. The minimum atomic E-state index is -0.450. The lowest BCUT2D eigenvalue weighted by Gasteiger charge is -2.22. The highest BCUT2D eigenvalue weighted by molar-refractivity contribution is 5.81. The Balaban J connectivity index is 1.37. The molecule has 4 nitrogen and oxygen atoms in total. The zero-order chi connectivity index (χ0) is 17.2. The molecule has 1 unspecified atom stereocenters. The molecule has 2 fully saturated rings. The average Bonchev–Trinajstić information content (AvgIpc) is 3.24. The Morgan fingerprint density at radius 3 is 2.24 bits per heavy atom. The van der Waals surface area contributed by atoms with E-state index in [0.717, 1.165) is 37.5 Å². The van der Waals surface area contributed by atoms with Gasteiger partial charge >= 0.3 is 0 Å². The van der Waals surface area contributed by atoms with Gasteiger partial charge in [-0.05, 0) is 42.0 Å². The van der Waals surface area contributed by atoms with Crippen LogP contribution in [0.5, 0.6) is 5.75 Å². The zero-order valence-electron chi connectivity index (χ0n) is 14.5. The summed E-state index contributed by atoms with van der Waals surface area (Å²) in [6.45, 7) is 5.63. The van der Waals surface area contributed by atoms with Gasteiger partial charge in [-0.3, -0.25) is 4.79 Å². The van der Waals surface area contributed by atoms with Crippen LogP contribution in [0.25, 0.3) is 11.1 Å². The average molecular weight is 336 g/mol. The van der Waals surface area contributed by atoms with Crippen molar-refractivity contribution < 1.29 is 9.53 Å². The fourth-order valence-electron chi connectivity index (χ4n) is 3.90. The van der Waals surface area contributed by atoms with E-state index >= 15 is 0 Å². The van der Waals surface area contributed by atoms with E-state index < -0.39 is 6.10 Å². The number of benzene rings is 2. The lowest BCUT2D eigenvalue weighted by Crippen LogP contribution is -2.40. The van der Waals surface area contributed by atoms with Gasteiger partial charge < -0.3 is 15.0 Å². The van der Waals surface area contributed by atoms with Crippen molar-refractivity contribution in [2.45, 2.75) is 13.0 Å². The maximum atomic E-state index is 12.6. The summed E-state index contributed by atoms with van der Waals surface area (Å²) in [4.78, 5) is 14.6. The molecule has 2 aliphatic heterocycles. The molecule has 0 saturated carbocycles. The molecule has 2 saturated heterocycles. The van der Waals surface area contributed by atoms with Crippen molar-refractivity contribution >= 4 is 5.91 Å². The van der Waals surface area contributed by atoms with Gasteiger partial charge in [0.25, 0.3) is 5.91 Å². The SMILES string of the molecule is CC(Oc1ccc(-c2ccccc2)cc1)C(=O)N1C[C@H]2CNC[C@H]2C1. The predicted octanol–water partition coefficient (Wildman–Crippen LogP) is 2.80. The third-order valence-electron chi connectivity index (χ3n) is 5.32. The second kappa shape index (κ2) is 6.89. The Morgan fingerprint density at radius 1 is 1.00 bits per heavy atom. The molecule has 3 atom stereocenters. The van der Waals surface area contributed by atoms with Gasteiger partial charge in [-0.1, -0.05) is 42.5 Å². The number of carbonyl (C=O) groups is 1. The fraction of sp³-hybridized carbons (Fsp3) is 0.381. The maximum absolute atomic E-state index is 12.6. The number of likely N-dealkylation sites (tertiary alicyclic amines) is 1. The first-order valence-electron chi connectivity index (χ1n) is 9.02. The fourth-order valence-corrected chi connectivity index (χ4v) is 3.90. The molecule has 0 spiro atoms. The van der Waals surface area contributed by atoms with Crippen LogP contribution in [0, 0.1) is 11.8 Å². The predicted molar refractivity (Wildman–Crippen MR) is 98.4 cm³/mol. The van der Waals surface area contributed by atoms with Gasteiger partial charge in [0.2, 0.25) is 0 Å². The van der Waals surface area contributed by atoms with Crippen molar-refractivity contribution in [2.24, 2.45) is 11.8 Å². The number of hydrogen-bond acceptors (Lipinski definition) is 3. The minimum absolute atomic E-state index is 0.0986. The lowest BCUT2D eigenvalue weighted by molar-refractivity contribution is -0.137. The summed E-state index contributed by atoms with van der Waals surface area (Å²) in [5, 5.41) is 3.40. The summed E-state index contributed by atoms with van der Waals surface area (Å²) in [6.07, 6.45) is -0.450. The van der Waals surface area contributed by atoms with Crippen molar-refractivity contribution in [1.29, 1.82) is 0 Å². The third-order valence-corrected chi connectivity index (χ3v) is 5.32. The van der Waals surface area contributed by atoms with Gasteiger partial charge in [-0.15, -0.1) is 0 Å². The number of ether oxygens (including phenoxy) is 1. The van der Waals surface area contributed by atoms with E-state index in [9.17, 15) is 4.79 Å². The number of carbonyl (C=O) groups excluding carboxylic acids is 1. The number of hydrogen-bond donors (Lipinski definition) is 1. The van der Waals surface area contributed by atoms with Crippen LogP contribution >= 0.6 is 0 Å². The van der Waals surface area contributed by atoms with Crippen LogP contribution in [0.15, 0.2) is 54.6 Å². The Morgan fingerprint density at radius 2 is 1.60 bits per heavy atom. The summed E-state index contributed by atoms with van der Waals surface area (Å²) >= 11 is 0. The number of nitrogens with zero attached hydrogens (tertiary/aromatic N) is 1. The number of rotatable bonds is 4. The van der Waals surface area contributed by atoms with Crippen LogP contribution in [0.4, 0.5) is 0 Å². The molecule has 0 aromatic heterocycles. The summed E-state index contributed by atoms with van der Waals surface area (Å²) in [5.74, 6) is 2.06. The van der Waals surface area contributed by atoms with Crippen LogP contribution in [-0.4, -0.2) is 43.1 Å². The quantitative estimate of drug-likeness (QED) is 0.933. The van der Waals surface area contributed by atoms with E-state index in [1.807, 2.05) is 54.3 Å². The molecular formula is C21H24N2O2. The van der Waals surface area contributed by atoms with E-state index in [1.165, 1.54) is 5.56 Å². The smallest absolute Gasteiger partial charge is 0.263 e. The van der Waals surface area contributed by atoms with E-state index in [0.29, 0.717) is 11.8 Å². The van der Waals surface area contributed by atoms with E-state index in [1.54, 1.807) is 0 Å². The Hall–Kier alpha value is -2.33. The van der Waals surface area contributed by atoms with Crippen LogP contribution in [0.1, 0.15) is 6.92 Å². The molecule has 4 heteroatoms. The van der Waals surface area contributed by atoms with Gasteiger partial charge in [0.1, 0.15) is 5.75 Å². The van der Waals surface area contributed by atoms with Crippen molar-refractivity contribution in [2.75, 3.05) is 26.2 Å². The van der Waals surface area contributed by atoms with Crippen molar-refractivity contribution in [3.63, 3.8) is 0 Å². The third kappa shape index (κ3) is 3.40. The van der Waals surface area contributed by atoms with Gasteiger partial charge in [0, 0.05) is 26.2 Å². The molecular weight excluding hydrogens is 312 g/mol. The molecule has 0 aliphatic carbocycles. The molecule has 2 aliphatic rings. The number of amides is 1. The molecule has 130 valence electrons. The lowest BCUT2D eigenvalue weighted by atomic mass is 10.0. The summed E-state index contributed by atoms with van der Waals surface area (Å²) in [6, 6.07) is 18.2. The maximum Gasteiger partial charge on any atom is 0.263 e. The molecule has 2 aromatic rings. The van der Waals surface area contributed by atoms with E-state index in [2.05, 4.69) is 17.4 Å². The number of fused-ring (bicyclic) bond motifs is 1. The molecule has 1 N–H and O–H groups in total. The van der Waals surface area contributed by atoms with Crippen molar-refractivity contribution in [1.82, 2.24) is 10.2 Å². The van der Waals surface area contributed by atoms with Crippen LogP contribution in [-0.2, 0) is 4.79 Å². The van der Waals surface area contributed by atoms with Gasteiger partial charge in [0.05, 0.1) is 0 Å². The summed E-state index contributed by atoms with van der Waals surface area (Å²) in [5.41, 5.74) is 2.32. The normalized spacial score (nSPS) is 23.3. The first-order valence-corrected chi connectivity index (χ1v) is 9.02. The molecule has 4 rings (SSSR count). The Bertz CT molecular complexity index is 717. The second-order valence-electron chi connectivity index (χ2n) is 7.07. The van der Waals surface area contributed by atoms with Crippen LogP contribution < -0.4 is 10.1 Å².